The zero-order chi connectivity index (χ0) is 10.8. The molecule has 0 saturated heterocycles. The number of hydrogen-bond donors (Lipinski definition) is 2. The maximum Gasteiger partial charge on any atom is 0.123 e. The predicted octanol–water partition coefficient (Wildman–Crippen LogP) is 1.92. The molecule has 2 N–H and O–H groups in total. The Kier molecular flexibility index (Phi) is 3.03. The first-order chi connectivity index (χ1) is 7.15. The summed E-state index contributed by atoms with van der Waals surface area (Å²) in [5, 5.41) is 13.0. The van der Waals surface area contributed by atoms with Crippen LogP contribution in [0.3, 0.4) is 0 Å². The normalized spacial score (nSPS) is 17.8. The van der Waals surface area contributed by atoms with Gasteiger partial charge in [0.1, 0.15) is 5.82 Å². The first kappa shape index (κ1) is 10.6. The maximum absolute atomic E-state index is 13.1. The van der Waals surface area contributed by atoms with Gasteiger partial charge in [0.25, 0.3) is 0 Å². The van der Waals surface area contributed by atoms with Crippen LogP contribution in [0.1, 0.15) is 30.1 Å². The van der Waals surface area contributed by atoms with Crippen LogP contribution in [0, 0.1) is 12.7 Å². The van der Waals surface area contributed by atoms with Gasteiger partial charge in [-0.1, -0.05) is 6.07 Å². The minimum atomic E-state index is -0.611. The van der Waals surface area contributed by atoms with Crippen molar-refractivity contribution >= 4 is 0 Å². The van der Waals surface area contributed by atoms with Crippen LogP contribution < -0.4 is 5.32 Å². The lowest BCUT2D eigenvalue weighted by atomic mass is 10.1. The molecule has 0 heterocycles. The number of hydrogen-bond acceptors (Lipinski definition) is 2. The summed E-state index contributed by atoms with van der Waals surface area (Å²) in [4.78, 5) is 0. The molecule has 0 amide bonds. The molecule has 1 aromatic carbocycles. The van der Waals surface area contributed by atoms with Crippen LogP contribution in [0.4, 0.5) is 4.39 Å². The van der Waals surface area contributed by atoms with Gasteiger partial charge in [0.05, 0.1) is 6.10 Å². The summed E-state index contributed by atoms with van der Waals surface area (Å²) >= 11 is 0. The second-order valence-electron chi connectivity index (χ2n) is 4.26. The Bertz CT molecular complexity index is 329. The molecule has 1 saturated carbocycles. The third-order valence-corrected chi connectivity index (χ3v) is 2.63. The fourth-order valence-electron chi connectivity index (χ4n) is 1.64. The summed E-state index contributed by atoms with van der Waals surface area (Å²) in [6.07, 6.45) is 1.77. The molecule has 0 spiro atoms. The number of nitrogens with one attached hydrogen (secondary N) is 1. The molecular weight excluding hydrogens is 193 g/mol. The van der Waals surface area contributed by atoms with Gasteiger partial charge in [-0.15, -0.1) is 0 Å². The minimum Gasteiger partial charge on any atom is -0.387 e. The van der Waals surface area contributed by atoms with E-state index in [0.29, 0.717) is 18.2 Å². The summed E-state index contributed by atoms with van der Waals surface area (Å²) in [5.41, 5.74) is 1.50. The highest BCUT2D eigenvalue weighted by Gasteiger charge is 2.21. The van der Waals surface area contributed by atoms with Crippen molar-refractivity contribution in [2.24, 2.45) is 0 Å². The first-order valence-corrected chi connectivity index (χ1v) is 5.33. The molecule has 3 heteroatoms. The van der Waals surface area contributed by atoms with E-state index in [0.717, 1.165) is 5.56 Å². The summed E-state index contributed by atoms with van der Waals surface area (Å²) in [6.45, 7) is 2.33. The van der Waals surface area contributed by atoms with Crippen LogP contribution in [0.15, 0.2) is 18.2 Å². The zero-order valence-corrected chi connectivity index (χ0v) is 8.83. The van der Waals surface area contributed by atoms with E-state index in [1.165, 1.54) is 25.0 Å². The van der Waals surface area contributed by atoms with Crippen molar-refractivity contribution in [1.29, 1.82) is 0 Å². The number of halogens is 1. The highest BCUT2D eigenvalue weighted by Crippen LogP contribution is 2.21. The van der Waals surface area contributed by atoms with Gasteiger partial charge >= 0.3 is 0 Å². The molecule has 1 aromatic rings. The van der Waals surface area contributed by atoms with Crippen LogP contribution in [0.2, 0.25) is 0 Å². The molecule has 1 unspecified atom stereocenters. The second kappa shape index (κ2) is 4.29. The Labute approximate surface area is 89.1 Å². The van der Waals surface area contributed by atoms with Crippen LogP contribution in [0.25, 0.3) is 0 Å². The maximum atomic E-state index is 13.1. The summed E-state index contributed by atoms with van der Waals surface area (Å²) in [7, 11) is 0. The van der Waals surface area contributed by atoms with Crippen molar-refractivity contribution < 1.29 is 9.50 Å². The van der Waals surface area contributed by atoms with Gasteiger partial charge in [-0.25, -0.2) is 4.39 Å². The summed E-state index contributed by atoms with van der Waals surface area (Å²) in [6, 6.07) is 5.24. The molecule has 1 aliphatic carbocycles. The van der Waals surface area contributed by atoms with Crippen LogP contribution >= 0.6 is 0 Å². The lowest BCUT2D eigenvalue weighted by Crippen LogP contribution is -2.23. The summed E-state index contributed by atoms with van der Waals surface area (Å²) < 4.78 is 13.1. The van der Waals surface area contributed by atoms with Gasteiger partial charge in [-0.2, -0.15) is 0 Å². The Morgan fingerprint density at radius 1 is 1.47 bits per heavy atom. The van der Waals surface area contributed by atoms with E-state index < -0.39 is 6.10 Å². The highest BCUT2D eigenvalue weighted by atomic mass is 19.1. The Hall–Kier alpha value is -0.930. The molecule has 1 aliphatic rings. The van der Waals surface area contributed by atoms with Gasteiger partial charge in [0.2, 0.25) is 0 Å². The molecule has 15 heavy (non-hydrogen) atoms. The quantitative estimate of drug-likeness (QED) is 0.794. The van der Waals surface area contributed by atoms with Crippen molar-refractivity contribution in [3.05, 3.63) is 35.1 Å². The van der Waals surface area contributed by atoms with Crippen molar-refractivity contribution in [1.82, 2.24) is 5.32 Å². The molecule has 0 aromatic heterocycles. The Morgan fingerprint density at radius 2 is 2.20 bits per heavy atom. The van der Waals surface area contributed by atoms with Crippen molar-refractivity contribution in [2.45, 2.75) is 31.9 Å². The molecule has 0 radical (unpaired) electrons. The predicted molar refractivity (Wildman–Crippen MR) is 57.1 cm³/mol. The largest absolute Gasteiger partial charge is 0.387 e. The molecule has 1 fully saturated rings. The highest BCUT2D eigenvalue weighted by molar-refractivity contribution is 5.25. The van der Waals surface area contributed by atoms with Crippen LogP contribution in [0.5, 0.6) is 0 Å². The van der Waals surface area contributed by atoms with Crippen LogP contribution in [-0.2, 0) is 0 Å². The number of rotatable bonds is 4. The molecule has 0 aliphatic heterocycles. The topological polar surface area (TPSA) is 32.3 Å². The van der Waals surface area contributed by atoms with E-state index in [1.807, 2.05) is 13.0 Å². The van der Waals surface area contributed by atoms with Gasteiger partial charge in [0.15, 0.2) is 0 Å². The van der Waals surface area contributed by atoms with Gasteiger partial charge in [-0.05, 0) is 43.0 Å². The molecule has 2 nitrogen and oxygen atoms in total. The Balaban J connectivity index is 1.99. The van der Waals surface area contributed by atoms with Crippen LogP contribution in [-0.4, -0.2) is 17.7 Å². The third-order valence-electron chi connectivity index (χ3n) is 2.63. The fourth-order valence-corrected chi connectivity index (χ4v) is 1.64. The average molecular weight is 209 g/mol. The zero-order valence-electron chi connectivity index (χ0n) is 8.83. The van der Waals surface area contributed by atoms with Gasteiger partial charge in [-0.3, -0.25) is 0 Å². The fraction of sp³-hybridized carbons (Fsp3) is 0.500. The standard InChI is InChI=1S/C12H16FNO/c1-8-4-9(6-10(13)5-8)12(15)7-14-11-2-3-11/h4-6,11-12,14-15H,2-3,7H2,1H3. The van der Waals surface area contributed by atoms with E-state index in [9.17, 15) is 9.50 Å². The monoisotopic (exact) mass is 209 g/mol. The number of aryl methyl sites for hydroxylation is 1. The van der Waals surface area contributed by atoms with E-state index >= 15 is 0 Å². The molecule has 1 atom stereocenters. The lowest BCUT2D eigenvalue weighted by Gasteiger charge is -2.12. The SMILES string of the molecule is Cc1cc(F)cc(C(O)CNC2CC2)c1. The third kappa shape index (κ3) is 3.01. The smallest absolute Gasteiger partial charge is 0.123 e. The van der Waals surface area contributed by atoms with Crippen molar-refractivity contribution in [3.63, 3.8) is 0 Å². The summed E-state index contributed by atoms with van der Waals surface area (Å²) in [5.74, 6) is -0.282. The van der Waals surface area contributed by atoms with E-state index in [1.54, 1.807) is 0 Å². The van der Waals surface area contributed by atoms with Crippen molar-refractivity contribution in [2.75, 3.05) is 6.54 Å². The number of benzene rings is 1. The van der Waals surface area contributed by atoms with E-state index in [2.05, 4.69) is 5.32 Å². The number of aliphatic hydroxyl groups excluding tert-OH is 1. The molecule has 82 valence electrons. The average Bonchev–Trinajstić information content (AvgIpc) is 2.96. The molecular formula is C12H16FNO. The van der Waals surface area contributed by atoms with E-state index in [-0.39, 0.29) is 5.82 Å². The lowest BCUT2D eigenvalue weighted by molar-refractivity contribution is 0.173. The first-order valence-electron chi connectivity index (χ1n) is 5.33. The van der Waals surface area contributed by atoms with Gasteiger partial charge < -0.3 is 10.4 Å². The number of aliphatic hydroxyl groups is 1. The molecule has 2 rings (SSSR count). The second-order valence-corrected chi connectivity index (χ2v) is 4.26. The molecule has 0 bridgehead atoms. The Morgan fingerprint density at radius 3 is 2.80 bits per heavy atom. The minimum absolute atomic E-state index is 0.282. The van der Waals surface area contributed by atoms with E-state index in [4.69, 9.17) is 0 Å². The van der Waals surface area contributed by atoms with Gasteiger partial charge in [0, 0.05) is 12.6 Å². The van der Waals surface area contributed by atoms with Crippen molar-refractivity contribution in [3.8, 4) is 0 Å².